The minimum atomic E-state index is -1.43. The largest absolute Gasteiger partial charge is 0.324 e. The SMILES string of the molecule is N#CC(C(=O)Nc1cccc2ccccc12)C(=O)c1ccc(Cl)cc1. The summed E-state index contributed by atoms with van der Waals surface area (Å²) in [5.41, 5.74) is 0.830. The van der Waals surface area contributed by atoms with Gasteiger partial charge in [-0.25, -0.2) is 0 Å². The fourth-order valence-corrected chi connectivity index (χ4v) is 2.68. The van der Waals surface area contributed by atoms with Gasteiger partial charge in [0.1, 0.15) is 0 Å². The van der Waals surface area contributed by atoms with E-state index in [1.165, 1.54) is 12.1 Å². The summed E-state index contributed by atoms with van der Waals surface area (Å²) in [7, 11) is 0. The van der Waals surface area contributed by atoms with Gasteiger partial charge in [-0.15, -0.1) is 0 Å². The molecule has 0 aliphatic carbocycles. The van der Waals surface area contributed by atoms with Crippen LogP contribution in [0.5, 0.6) is 0 Å². The topological polar surface area (TPSA) is 70.0 Å². The Bertz CT molecular complexity index is 985. The Kier molecular flexibility index (Phi) is 4.78. The molecule has 3 aromatic carbocycles. The summed E-state index contributed by atoms with van der Waals surface area (Å²) >= 11 is 5.80. The zero-order chi connectivity index (χ0) is 17.8. The zero-order valence-electron chi connectivity index (χ0n) is 13.1. The summed E-state index contributed by atoms with van der Waals surface area (Å²) in [6.07, 6.45) is 0. The molecule has 122 valence electrons. The highest BCUT2D eigenvalue weighted by atomic mass is 35.5. The highest BCUT2D eigenvalue weighted by Crippen LogP contribution is 2.24. The molecular weight excluding hydrogens is 336 g/mol. The molecule has 0 heterocycles. The number of halogens is 1. The zero-order valence-corrected chi connectivity index (χ0v) is 13.8. The number of ketones is 1. The molecule has 0 aromatic heterocycles. The number of carbonyl (C=O) groups is 2. The Balaban J connectivity index is 1.86. The third-order valence-electron chi connectivity index (χ3n) is 3.83. The maximum Gasteiger partial charge on any atom is 0.249 e. The molecule has 4 nitrogen and oxygen atoms in total. The number of nitrogens with one attached hydrogen (secondary N) is 1. The van der Waals surface area contributed by atoms with Crippen molar-refractivity contribution in [1.82, 2.24) is 0 Å². The maximum absolute atomic E-state index is 12.5. The van der Waals surface area contributed by atoms with Gasteiger partial charge in [0.15, 0.2) is 11.7 Å². The molecule has 1 unspecified atom stereocenters. The number of carbonyl (C=O) groups excluding carboxylic acids is 2. The molecule has 1 N–H and O–H groups in total. The number of nitriles is 1. The lowest BCUT2D eigenvalue weighted by Crippen LogP contribution is -2.28. The van der Waals surface area contributed by atoms with Crippen LogP contribution in [0.15, 0.2) is 66.7 Å². The summed E-state index contributed by atoms with van der Waals surface area (Å²) in [6.45, 7) is 0. The minimum absolute atomic E-state index is 0.268. The van der Waals surface area contributed by atoms with E-state index in [1.807, 2.05) is 30.3 Å². The van der Waals surface area contributed by atoms with Crippen LogP contribution in [0.4, 0.5) is 5.69 Å². The van der Waals surface area contributed by atoms with Crippen molar-refractivity contribution in [3.8, 4) is 6.07 Å². The van der Waals surface area contributed by atoms with E-state index in [2.05, 4.69) is 5.32 Å². The van der Waals surface area contributed by atoms with E-state index in [-0.39, 0.29) is 5.56 Å². The van der Waals surface area contributed by atoms with Gasteiger partial charge in [-0.2, -0.15) is 5.26 Å². The van der Waals surface area contributed by atoms with Crippen LogP contribution in [0.3, 0.4) is 0 Å². The molecule has 1 amide bonds. The van der Waals surface area contributed by atoms with Crippen molar-refractivity contribution >= 4 is 39.8 Å². The van der Waals surface area contributed by atoms with Crippen LogP contribution in [-0.2, 0) is 4.79 Å². The first kappa shape index (κ1) is 16.7. The third kappa shape index (κ3) is 3.52. The van der Waals surface area contributed by atoms with Crippen molar-refractivity contribution in [2.24, 2.45) is 5.92 Å². The second-order valence-electron chi connectivity index (χ2n) is 5.45. The molecule has 3 rings (SSSR count). The highest BCUT2D eigenvalue weighted by molar-refractivity contribution is 6.30. The smallest absolute Gasteiger partial charge is 0.249 e. The lowest BCUT2D eigenvalue weighted by Gasteiger charge is -2.12. The van der Waals surface area contributed by atoms with Crippen molar-refractivity contribution in [3.63, 3.8) is 0 Å². The average Bonchev–Trinajstić information content (AvgIpc) is 2.63. The van der Waals surface area contributed by atoms with E-state index < -0.39 is 17.6 Å². The van der Waals surface area contributed by atoms with Gasteiger partial charge in [0.05, 0.1) is 6.07 Å². The van der Waals surface area contributed by atoms with Crippen molar-refractivity contribution in [1.29, 1.82) is 5.26 Å². The molecule has 1 atom stereocenters. The van der Waals surface area contributed by atoms with E-state index in [0.717, 1.165) is 10.8 Å². The Labute approximate surface area is 149 Å². The summed E-state index contributed by atoms with van der Waals surface area (Å²) < 4.78 is 0. The van der Waals surface area contributed by atoms with E-state index in [1.54, 1.807) is 30.3 Å². The Morgan fingerprint density at radius 1 is 0.960 bits per heavy atom. The van der Waals surface area contributed by atoms with Gasteiger partial charge in [0, 0.05) is 21.7 Å². The second-order valence-corrected chi connectivity index (χ2v) is 5.89. The molecule has 0 aliphatic heterocycles. The number of benzene rings is 3. The minimum Gasteiger partial charge on any atom is -0.324 e. The van der Waals surface area contributed by atoms with Crippen molar-refractivity contribution in [2.75, 3.05) is 5.32 Å². The lowest BCUT2D eigenvalue weighted by atomic mass is 9.97. The average molecular weight is 349 g/mol. The summed E-state index contributed by atoms with van der Waals surface area (Å²) in [5, 5.41) is 14.3. The highest BCUT2D eigenvalue weighted by Gasteiger charge is 2.27. The van der Waals surface area contributed by atoms with Gasteiger partial charge in [0.2, 0.25) is 5.91 Å². The second kappa shape index (κ2) is 7.16. The van der Waals surface area contributed by atoms with Crippen molar-refractivity contribution < 1.29 is 9.59 Å². The van der Waals surface area contributed by atoms with Gasteiger partial charge in [-0.05, 0) is 35.7 Å². The van der Waals surface area contributed by atoms with E-state index in [0.29, 0.717) is 10.7 Å². The number of hydrogen-bond donors (Lipinski definition) is 1. The van der Waals surface area contributed by atoms with E-state index in [9.17, 15) is 14.9 Å². The first-order valence-electron chi connectivity index (χ1n) is 7.58. The van der Waals surface area contributed by atoms with Crippen molar-refractivity contribution in [2.45, 2.75) is 0 Å². The van der Waals surface area contributed by atoms with Gasteiger partial charge in [-0.1, -0.05) is 48.0 Å². The number of Topliss-reactive ketones (excluding diaryl/α,β-unsaturated/α-hetero) is 1. The maximum atomic E-state index is 12.5. The number of anilines is 1. The molecular formula is C20H13ClN2O2. The summed E-state index contributed by atoms with van der Waals surface area (Å²) in [5.74, 6) is -2.64. The van der Waals surface area contributed by atoms with Crippen LogP contribution in [-0.4, -0.2) is 11.7 Å². The molecule has 0 radical (unpaired) electrons. The van der Waals surface area contributed by atoms with Crippen LogP contribution in [0.1, 0.15) is 10.4 Å². The Morgan fingerprint density at radius 3 is 2.36 bits per heavy atom. The number of fused-ring (bicyclic) bond motifs is 1. The van der Waals surface area contributed by atoms with E-state index in [4.69, 9.17) is 11.6 Å². The quantitative estimate of drug-likeness (QED) is 0.559. The normalized spacial score (nSPS) is 11.5. The molecule has 0 spiro atoms. The van der Waals surface area contributed by atoms with Crippen molar-refractivity contribution in [3.05, 3.63) is 77.3 Å². The van der Waals surface area contributed by atoms with Crippen LogP contribution in [0.2, 0.25) is 5.02 Å². The molecule has 0 saturated carbocycles. The predicted molar refractivity (Wildman–Crippen MR) is 97.5 cm³/mol. The molecule has 0 bridgehead atoms. The summed E-state index contributed by atoms with van der Waals surface area (Å²) in [6, 6.07) is 20.9. The third-order valence-corrected chi connectivity index (χ3v) is 4.08. The van der Waals surface area contributed by atoms with E-state index >= 15 is 0 Å². The van der Waals surface area contributed by atoms with Crippen LogP contribution < -0.4 is 5.32 Å². The van der Waals surface area contributed by atoms with Gasteiger partial charge in [-0.3, -0.25) is 9.59 Å². The summed E-state index contributed by atoms with van der Waals surface area (Å²) in [4.78, 5) is 24.9. The Morgan fingerprint density at radius 2 is 1.64 bits per heavy atom. The van der Waals surface area contributed by atoms with Gasteiger partial charge in [0.25, 0.3) is 0 Å². The number of rotatable bonds is 4. The first-order valence-corrected chi connectivity index (χ1v) is 7.96. The molecule has 0 aliphatic rings. The molecule has 3 aromatic rings. The van der Waals surface area contributed by atoms with Gasteiger partial charge < -0.3 is 5.32 Å². The number of amides is 1. The Hall–Kier alpha value is -3.16. The fourth-order valence-electron chi connectivity index (χ4n) is 2.56. The lowest BCUT2D eigenvalue weighted by molar-refractivity contribution is -0.117. The standard InChI is InChI=1S/C20H13ClN2O2/c21-15-10-8-14(9-11-15)19(24)17(12-22)20(25)23-18-7-3-5-13-4-1-2-6-16(13)18/h1-11,17H,(H,23,25). The molecule has 0 saturated heterocycles. The number of nitrogens with zero attached hydrogens (tertiary/aromatic N) is 1. The molecule has 5 heteroatoms. The van der Waals surface area contributed by atoms with Crippen LogP contribution >= 0.6 is 11.6 Å². The number of hydrogen-bond acceptors (Lipinski definition) is 3. The molecule has 25 heavy (non-hydrogen) atoms. The predicted octanol–water partition coefficient (Wildman–Crippen LogP) is 4.45. The first-order chi connectivity index (χ1) is 12.1. The van der Waals surface area contributed by atoms with Crippen LogP contribution in [0.25, 0.3) is 10.8 Å². The van der Waals surface area contributed by atoms with Crippen LogP contribution in [0, 0.1) is 17.2 Å². The van der Waals surface area contributed by atoms with Gasteiger partial charge >= 0.3 is 0 Å². The fraction of sp³-hybridized carbons (Fsp3) is 0.0500. The molecule has 0 fully saturated rings. The monoisotopic (exact) mass is 348 g/mol.